The van der Waals surface area contributed by atoms with Gasteiger partial charge in [-0.1, -0.05) is 37.3 Å². The van der Waals surface area contributed by atoms with Gasteiger partial charge in [0, 0.05) is 43.4 Å². The number of hydrogen-bond donors (Lipinski definition) is 1. The number of rotatable bonds is 4. The number of piperidine rings is 3. The molecular formula is C24H31N5O. The lowest BCUT2D eigenvalue weighted by Crippen LogP contribution is -2.65. The summed E-state index contributed by atoms with van der Waals surface area (Å²) in [5.74, 6) is 2.64. The van der Waals surface area contributed by atoms with E-state index in [2.05, 4.69) is 57.0 Å². The third kappa shape index (κ3) is 3.42. The number of nitrogens with zero attached hydrogens (tertiary/aromatic N) is 4. The Morgan fingerprint density at radius 2 is 1.97 bits per heavy atom. The number of aromatic nitrogens is 2. The zero-order valence-corrected chi connectivity index (χ0v) is 17.7. The van der Waals surface area contributed by atoms with Gasteiger partial charge in [-0.15, -0.1) is 0 Å². The molecule has 4 atom stereocenters. The Balaban J connectivity index is 1.49. The van der Waals surface area contributed by atoms with Gasteiger partial charge in [-0.25, -0.2) is 4.98 Å². The molecule has 0 unspecified atom stereocenters. The van der Waals surface area contributed by atoms with Crippen LogP contribution in [0.25, 0.3) is 0 Å². The van der Waals surface area contributed by atoms with E-state index in [1.165, 1.54) is 12.0 Å². The largest absolute Gasteiger partial charge is 0.368 e. The van der Waals surface area contributed by atoms with Crippen molar-refractivity contribution in [1.82, 2.24) is 14.9 Å². The third-order valence-electron chi connectivity index (χ3n) is 7.33. The Hall–Kier alpha value is -2.63. The van der Waals surface area contributed by atoms with Crippen molar-refractivity contribution in [2.24, 2.45) is 11.8 Å². The van der Waals surface area contributed by atoms with E-state index in [1.54, 1.807) is 0 Å². The summed E-state index contributed by atoms with van der Waals surface area (Å²) in [6.07, 6.45) is 7.73. The van der Waals surface area contributed by atoms with E-state index in [0.717, 1.165) is 50.2 Å². The molecule has 3 saturated heterocycles. The van der Waals surface area contributed by atoms with Crippen LogP contribution in [-0.2, 0) is 17.6 Å². The number of fused-ring (bicyclic) bond motifs is 4. The van der Waals surface area contributed by atoms with Crippen molar-refractivity contribution in [2.45, 2.75) is 57.5 Å². The van der Waals surface area contributed by atoms with E-state index in [0.29, 0.717) is 36.2 Å². The lowest BCUT2D eigenvalue weighted by atomic mass is 9.70. The van der Waals surface area contributed by atoms with Crippen LogP contribution >= 0.6 is 0 Å². The standard InChI is InChI=1S/C24H31N5O/c1-2-17-13-26-24(25)27-23(17)28-14-18-12-19(15-28)21(11-16-7-4-3-5-8-16)29-20(18)9-6-10-22(29)30/h3-5,7-8,13,18-21H,2,6,9-12,14-15H2,1H3,(H2,25,26,27)/t18-,19+,20+,21+/m1/s1. The van der Waals surface area contributed by atoms with Crippen LogP contribution in [0.2, 0.25) is 0 Å². The number of aryl methyl sites for hydroxylation is 1. The minimum Gasteiger partial charge on any atom is -0.368 e. The maximum absolute atomic E-state index is 13.0. The highest BCUT2D eigenvalue weighted by Crippen LogP contribution is 2.43. The first kappa shape index (κ1) is 19.3. The summed E-state index contributed by atoms with van der Waals surface area (Å²) in [4.78, 5) is 26.6. The van der Waals surface area contributed by atoms with Gasteiger partial charge in [0.2, 0.25) is 11.9 Å². The van der Waals surface area contributed by atoms with Gasteiger partial charge in [-0.05, 0) is 49.5 Å². The van der Waals surface area contributed by atoms with Gasteiger partial charge in [-0.2, -0.15) is 4.98 Å². The van der Waals surface area contributed by atoms with Crippen LogP contribution in [-0.4, -0.2) is 45.9 Å². The van der Waals surface area contributed by atoms with Crippen molar-refractivity contribution in [2.75, 3.05) is 23.7 Å². The quantitative estimate of drug-likeness (QED) is 0.846. The van der Waals surface area contributed by atoms with Crippen LogP contribution < -0.4 is 10.6 Å². The number of nitrogens with two attached hydrogens (primary N) is 1. The van der Waals surface area contributed by atoms with Gasteiger partial charge < -0.3 is 15.5 Å². The summed E-state index contributed by atoms with van der Waals surface area (Å²) in [6.45, 7) is 4.02. The normalized spacial score (nSPS) is 28.4. The van der Waals surface area contributed by atoms with Crippen molar-refractivity contribution < 1.29 is 4.79 Å². The molecule has 3 fully saturated rings. The molecule has 4 heterocycles. The molecule has 3 aliphatic heterocycles. The van der Waals surface area contributed by atoms with Crippen molar-refractivity contribution in [1.29, 1.82) is 0 Å². The van der Waals surface area contributed by atoms with E-state index < -0.39 is 0 Å². The second-order valence-electron chi connectivity index (χ2n) is 9.11. The van der Waals surface area contributed by atoms with Crippen molar-refractivity contribution >= 4 is 17.7 Å². The molecule has 0 radical (unpaired) electrons. The maximum Gasteiger partial charge on any atom is 0.223 e. The fourth-order valence-electron chi connectivity index (χ4n) is 6.00. The summed E-state index contributed by atoms with van der Waals surface area (Å²) in [5, 5.41) is 0. The number of hydrogen-bond acceptors (Lipinski definition) is 5. The zero-order chi connectivity index (χ0) is 20.7. The fourth-order valence-corrected chi connectivity index (χ4v) is 6.00. The zero-order valence-electron chi connectivity index (χ0n) is 17.7. The van der Waals surface area contributed by atoms with Gasteiger partial charge in [0.1, 0.15) is 5.82 Å². The molecule has 5 rings (SSSR count). The van der Waals surface area contributed by atoms with E-state index in [1.807, 2.05) is 6.20 Å². The van der Waals surface area contributed by atoms with E-state index >= 15 is 0 Å². The summed E-state index contributed by atoms with van der Waals surface area (Å²) in [6, 6.07) is 11.2. The predicted molar refractivity (Wildman–Crippen MR) is 118 cm³/mol. The second kappa shape index (κ2) is 7.89. The Morgan fingerprint density at radius 1 is 1.17 bits per heavy atom. The van der Waals surface area contributed by atoms with E-state index in [9.17, 15) is 4.79 Å². The van der Waals surface area contributed by atoms with Crippen molar-refractivity contribution in [3.63, 3.8) is 0 Å². The molecule has 2 bridgehead atoms. The first-order chi connectivity index (χ1) is 14.6. The highest BCUT2D eigenvalue weighted by Gasteiger charge is 2.49. The summed E-state index contributed by atoms with van der Waals surface area (Å²) in [7, 11) is 0. The molecule has 0 aliphatic carbocycles. The topological polar surface area (TPSA) is 75.3 Å². The minimum atomic E-state index is 0.258. The third-order valence-corrected chi connectivity index (χ3v) is 7.33. The molecule has 3 aliphatic rings. The minimum absolute atomic E-state index is 0.258. The Morgan fingerprint density at radius 3 is 2.77 bits per heavy atom. The number of carbonyl (C=O) groups excluding carboxylic acids is 1. The van der Waals surface area contributed by atoms with Gasteiger partial charge >= 0.3 is 0 Å². The highest BCUT2D eigenvalue weighted by molar-refractivity contribution is 5.78. The smallest absolute Gasteiger partial charge is 0.223 e. The average Bonchev–Trinajstić information content (AvgIpc) is 2.77. The van der Waals surface area contributed by atoms with Gasteiger partial charge in [0.05, 0.1) is 0 Å². The highest BCUT2D eigenvalue weighted by atomic mass is 16.2. The van der Waals surface area contributed by atoms with Gasteiger partial charge in [-0.3, -0.25) is 4.79 Å². The average molecular weight is 406 g/mol. The molecule has 30 heavy (non-hydrogen) atoms. The first-order valence-corrected chi connectivity index (χ1v) is 11.4. The van der Waals surface area contributed by atoms with E-state index in [4.69, 9.17) is 5.73 Å². The molecule has 1 amide bonds. The number of amides is 1. The lowest BCUT2D eigenvalue weighted by Gasteiger charge is -2.57. The molecule has 158 valence electrons. The summed E-state index contributed by atoms with van der Waals surface area (Å²) in [5.41, 5.74) is 8.43. The summed E-state index contributed by atoms with van der Waals surface area (Å²) < 4.78 is 0. The molecule has 0 spiro atoms. The first-order valence-electron chi connectivity index (χ1n) is 11.4. The van der Waals surface area contributed by atoms with Crippen LogP contribution in [0.5, 0.6) is 0 Å². The molecule has 2 aromatic rings. The number of nitrogen functional groups attached to an aromatic ring is 1. The number of carbonyl (C=O) groups is 1. The number of benzene rings is 1. The van der Waals surface area contributed by atoms with E-state index in [-0.39, 0.29) is 6.04 Å². The van der Waals surface area contributed by atoms with Crippen LogP contribution in [0.4, 0.5) is 11.8 Å². The SMILES string of the molecule is CCc1cnc(N)nc1N1C[C@H]2C[C@@H](C1)[C@H](Cc1ccccc1)N1C(=O)CCC[C@@H]21. The van der Waals surface area contributed by atoms with Crippen molar-refractivity contribution in [3.05, 3.63) is 47.7 Å². The van der Waals surface area contributed by atoms with Crippen LogP contribution in [0.1, 0.15) is 43.7 Å². The Labute approximate surface area is 178 Å². The molecule has 0 saturated carbocycles. The Bertz CT molecular complexity index is 917. The molecule has 1 aromatic carbocycles. The molecule has 2 N–H and O–H groups in total. The molecule has 6 heteroatoms. The van der Waals surface area contributed by atoms with Crippen LogP contribution in [0.3, 0.4) is 0 Å². The Kier molecular flexibility index (Phi) is 5.09. The second-order valence-corrected chi connectivity index (χ2v) is 9.11. The number of anilines is 2. The molecule has 1 aromatic heterocycles. The van der Waals surface area contributed by atoms with Crippen molar-refractivity contribution in [3.8, 4) is 0 Å². The monoisotopic (exact) mass is 405 g/mol. The predicted octanol–water partition coefficient (Wildman–Crippen LogP) is 3.07. The van der Waals surface area contributed by atoms with Crippen LogP contribution in [0, 0.1) is 11.8 Å². The maximum atomic E-state index is 13.0. The summed E-state index contributed by atoms with van der Waals surface area (Å²) >= 11 is 0. The fraction of sp³-hybridized carbons (Fsp3) is 0.542. The van der Waals surface area contributed by atoms with Crippen LogP contribution in [0.15, 0.2) is 36.5 Å². The van der Waals surface area contributed by atoms with Gasteiger partial charge in [0.25, 0.3) is 0 Å². The van der Waals surface area contributed by atoms with Gasteiger partial charge in [0.15, 0.2) is 0 Å². The lowest BCUT2D eigenvalue weighted by molar-refractivity contribution is -0.148. The molecule has 6 nitrogen and oxygen atoms in total. The molecular weight excluding hydrogens is 374 g/mol.